The van der Waals surface area contributed by atoms with Crippen molar-refractivity contribution in [2.24, 2.45) is 5.92 Å². The number of aromatic amines is 1. The van der Waals surface area contributed by atoms with Crippen LogP contribution in [0.4, 0.5) is 0 Å². The molecule has 3 N–H and O–H groups in total. The highest BCUT2D eigenvalue weighted by molar-refractivity contribution is 6.04. The predicted octanol–water partition coefficient (Wildman–Crippen LogP) is 6.50. The van der Waals surface area contributed by atoms with Crippen LogP contribution in [0.5, 0.6) is 5.75 Å². The van der Waals surface area contributed by atoms with Crippen LogP contribution in [0.25, 0.3) is 22.2 Å². The zero-order valence-corrected chi connectivity index (χ0v) is 26.5. The minimum absolute atomic E-state index is 0.0736. The molecular formula is C38H38N4O4. The van der Waals surface area contributed by atoms with Gasteiger partial charge in [0, 0.05) is 22.0 Å². The summed E-state index contributed by atoms with van der Waals surface area (Å²) >= 11 is 0. The lowest BCUT2D eigenvalue weighted by Gasteiger charge is -2.36. The number of hydrogen-bond acceptors (Lipinski definition) is 4. The van der Waals surface area contributed by atoms with Gasteiger partial charge in [-0.15, -0.1) is 0 Å². The number of hydrazine groups is 1. The molecule has 3 unspecified atom stereocenters. The molecule has 5 aromatic rings. The highest BCUT2D eigenvalue weighted by Gasteiger charge is 2.47. The standard InChI is InChI=1S/C38H38N4O4/c1-5-24(3)35(37(44)41-40-32(43)22-25-16-20-27(46-4)21-17-25)42-36(28-10-6-7-11-29(28)38(42)45)33-30-12-8-9-13-31(30)39-34(33)26-18-14-23(2)15-19-26/h6-21,24,35-36,39H,5,22H2,1-4H3,(H,40,43)(H,41,44). The number of fused-ring (bicyclic) bond motifs is 2. The molecule has 1 aliphatic rings. The molecule has 0 radical (unpaired) electrons. The van der Waals surface area contributed by atoms with E-state index in [1.165, 1.54) is 0 Å². The number of ether oxygens (including phenoxy) is 1. The van der Waals surface area contributed by atoms with Crippen LogP contribution in [-0.4, -0.2) is 40.8 Å². The molecule has 0 bridgehead atoms. The molecule has 0 spiro atoms. The summed E-state index contributed by atoms with van der Waals surface area (Å²) in [6.07, 6.45) is 0.716. The van der Waals surface area contributed by atoms with Gasteiger partial charge in [-0.1, -0.05) is 98.6 Å². The summed E-state index contributed by atoms with van der Waals surface area (Å²) in [6, 6.07) is 29.7. The number of H-pyrrole nitrogens is 1. The molecule has 8 heteroatoms. The fourth-order valence-corrected chi connectivity index (χ4v) is 6.37. The van der Waals surface area contributed by atoms with E-state index >= 15 is 0 Å². The number of benzene rings is 4. The molecule has 0 aliphatic carbocycles. The number of amides is 3. The third-order valence-electron chi connectivity index (χ3n) is 8.96. The van der Waals surface area contributed by atoms with Crippen molar-refractivity contribution in [2.75, 3.05) is 7.11 Å². The largest absolute Gasteiger partial charge is 0.497 e. The van der Waals surface area contributed by atoms with Gasteiger partial charge in [0.05, 0.1) is 25.3 Å². The number of aromatic nitrogens is 1. The highest BCUT2D eigenvalue weighted by atomic mass is 16.5. The van der Waals surface area contributed by atoms with Crippen molar-refractivity contribution in [3.63, 3.8) is 0 Å². The maximum atomic E-state index is 14.4. The van der Waals surface area contributed by atoms with E-state index in [-0.39, 0.29) is 24.2 Å². The van der Waals surface area contributed by atoms with Crippen molar-refractivity contribution in [3.8, 4) is 17.0 Å². The fraction of sp³-hybridized carbons (Fsp3) is 0.237. The molecule has 0 saturated carbocycles. The molecular weight excluding hydrogens is 576 g/mol. The van der Waals surface area contributed by atoms with Crippen LogP contribution in [0.2, 0.25) is 0 Å². The van der Waals surface area contributed by atoms with E-state index in [4.69, 9.17) is 4.74 Å². The number of carbonyl (C=O) groups excluding carboxylic acids is 3. The van der Waals surface area contributed by atoms with E-state index in [0.717, 1.165) is 44.4 Å². The molecule has 3 amide bonds. The molecule has 1 aromatic heterocycles. The average molecular weight is 615 g/mol. The van der Waals surface area contributed by atoms with Crippen LogP contribution >= 0.6 is 0 Å². The van der Waals surface area contributed by atoms with Gasteiger partial charge in [0.15, 0.2) is 0 Å². The lowest BCUT2D eigenvalue weighted by molar-refractivity contribution is -0.133. The number of hydrogen-bond donors (Lipinski definition) is 3. The Morgan fingerprint density at radius 3 is 2.33 bits per heavy atom. The number of rotatable bonds is 9. The first kappa shape index (κ1) is 30.6. The smallest absolute Gasteiger partial charge is 0.261 e. The molecule has 0 fully saturated rings. The van der Waals surface area contributed by atoms with Gasteiger partial charge in [0.25, 0.3) is 11.8 Å². The number of carbonyl (C=O) groups is 3. The Morgan fingerprint density at radius 1 is 0.913 bits per heavy atom. The van der Waals surface area contributed by atoms with Crippen molar-refractivity contribution < 1.29 is 19.1 Å². The second-order valence-electron chi connectivity index (χ2n) is 11.9. The molecule has 8 nitrogen and oxygen atoms in total. The summed E-state index contributed by atoms with van der Waals surface area (Å²) in [6.45, 7) is 6.01. The SMILES string of the molecule is CCC(C)C(C(=O)NNC(=O)Cc1ccc(OC)cc1)N1C(=O)c2ccccc2C1c1c(-c2ccc(C)cc2)[nH]c2ccccc12. The van der Waals surface area contributed by atoms with Gasteiger partial charge in [-0.3, -0.25) is 25.2 Å². The Balaban J connectivity index is 1.39. The quantitative estimate of drug-likeness (QED) is 0.165. The molecule has 3 atom stereocenters. The van der Waals surface area contributed by atoms with E-state index < -0.39 is 18.0 Å². The van der Waals surface area contributed by atoms with Crippen molar-refractivity contribution in [1.82, 2.24) is 20.7 Å². The number of nitrogens with one attached hydrogen (secondary N) is 3. The van der Waals surface area contributed by atoms with E-state index in [1.54, 1.807) is 36.3 Å². The zero-order chi connectivity index (χ0) is 32.4. The van der Waals surface area contributed by atoms with E-state index in [0.29, 0.717) is 17.7 Å². The number of methoxy groups -OCH3 is 1. The van der Waals surface area contributed by atoms with Crippen LogP contribution < -0.4 is 15.6 Å². The maximum Gasteiger partial charge on any atom is 0.261 e. The summed E-state index contributed by atoms with van der Waals surface area (Å²) < 4.78 is 5.20. The Morgan fingerprint density at radius 2 is 1.61 bits per heavy atom. The topological polar surface area (TPSA) is 104 Å². The molecule has 1 aliphatic heterocycles. The van der Waals surface area contributed by atoms with Crippen molar-refractivity contribution >= 4 is 28.6 Å². The van der Waals surface area contributed by atoms with Crippen molar-refractivity contribution in [3.05, 3.63) is 125 Å². The Labute approximate surface area is 268 Å². The second-order valence-corrected chi connectivity index (χ2v) is 11.9. The third-order valence-corrected chi connectivity index (χ3v) is 8.96. The van der Waals surface area contributed by atoms with E-state index in [9.17, 15) is 14.4 Å². The molecule has 46 heavy (non-hydrogen) atoms. The van der Waals surface area contributed by atoms with Crippen LogP contribution in [0.15, 0.2) is 97.1 Å². The van der Waals surface area contributed by atoms with Gasteiger partial charge in [0.1, 0.15) is 11.8 Å². The predicted molar refractivity (Wildman–Crippen MR) is 179 cm³/mol. The normalized spacial score (nSPS) is 15.3. The summed E-state index contributed by atoms with van der Waals surface area (Å²) in [7, 11) is 1.58. The molecule has 2 heterocycles. The summed E-state index contributed by atoms with van der Waals surface area (Å²) in [5.41, 5.74) is 12.3. The van der Waals surface area contributed by atoms with Gasteiger partial charge < -0.3 is 14.6 Å². The minimum Gasteiger partial charge on any atom is -0.497 e. The maximum absolute atomic E-state index is 14.4. The first-order chi connectivity index (χ1) is 22.3. The Bertz CT molecular complexity index is 1890. The zero-order valence-electron chi connectivity index (χ0n) is 26.5. The lowest BCUT2D eigenvalue weighted by Crippen LogP contribution is -2.56. The first-order valence-electron chi connectivity index (χ1n) is 15.6. The van der Waals surface area contributed by atoms with Crippen LogP contribution in [0.3, 0.4) is 0 Å². The van der Waals surface area contributed by atoms with Crippen LogP contribution in [-0.2, 0) is 16.0 Å². The highest BCUT2D eigenvalue weighted by Crippen LogP contribution is 2.47. The Hall–Kier alpha value is -5.37. The molecule has 0 saturated heterocycles. The second kappa shape index (κ2) is 12.9. The number of para-hydroxylation sites is 1. The van der Waals surface area contributed by atoms with Gasteiger partial charge in [0.2, 0.25) is 5.91 Å². The van der Waals surface area contributed by atoms with E-state index in [1.807, 2.05) is 56.3 Å². The minimum atomic E-state index is -0.865. The number of nitrogens with zero attached hydrogens (tertiary/aromatic N) is 1. The molecule has 4 aromatic carbocycles. The van der Waals surface area contributed by atoms with Gasteiger partial charge in [-0.25, -0.2) is 0 Å². The average Bonchev–Trinajstić information content (AvgIpc) is 3.59. The van der Waals surface area contributed by atoms with Gasteiger partial charge >= 0.3 is 0 Å². The first-order valence-corrected chi connectivity index (χ1v) is 15.6. The van der Waals surface area contributed by atoms with Crippen LogP contribution in [0, 0.1) is 12.8 Å². The molecule has 234 valence electrons. The monoisotopic (exact) mass is 614 g/mol. The molecule has 6 rings (SSSR count). The summed E-state index contributed by atoms with van der Waals surface area (Å²) in [5, 5.41) is 0.980. The van der Waals surface area contributed by atoms with Gasteiger partial charge in [-0.2, -0.15) is 0 Å². The summed E-state index contributed by atoms with van der Waals surface area (Å²) in [5.74, 6) is -0.550. The fourth-order valence-electron chi connectivity index (χ4n) is 6.37. The number of aryl methyl sites for hydroxylation is 1. The van der Waals surface area contributed by atoms with Crippen molar-refractivity contribution in [2.45, 2.75) is 45.7 Å². The van der Waals surface area contributed by atoms with Gasteiger partial charge in [-0.05, 0) is 53.8 Å². The summed E-state index contributed by atoms with van der Waals surface area (Å²) in [4.78, 5) is 46.7. The van der Waals surface area contributed by atoms with Crippen molar-refractivity contribution in [1.29, 1.82) is 0 Å². The Kier molecular flexibility index (Phi) is 8.61. The third kappa shape index (κ3) is 5.74. The van der Waals surface area contributed by atoms with E-state index in [2.05, 4.69) is 53.1 Å². The van der Waals surface area contributed by atoms with Crippen LogP contribution in [0.1, 0.15) is 58.9 Å². The lowest BCUT2D eigenvalue weighted by atomic mass is 9.90.